The Bertz CT molecular complexity index is 867. The molecule has 3 aromatic rings. The van der Waals surface area contributed by atoms with E-state index in [1.807, 2.05) is 54.6 Å². The van der Waals surface area contributed by atoms with Crippen molar-refractivity contribution in [1.29, 1.82) is 0 Å². The summed E-state index contributed by atoms with van der Waals surface area (Å²) < 4.78 is 5.97. The van der Waals surface area contributed by atoms with Crippen molar-refractivity contribution >= 4 is 0 Å². The molecule has 0 amide bonds. The number of rotatable bonds is 6. The van der Waals surface area contributed by atoms with Crippen LogP contribution in [0.15, 0.2) is 72.9 Å². The molecule has 1 aliphatic rings. The molecule has 0 saturated carbocycles. The van der Waals surface area contributed by atoms with Crippen LogP contribution in [-0.2, 0) is 19.6 Å². The van der Waals surface area contributed by atoms with Crippen LogP contribution in [0.2, 0.25) is 0 Å². The molecule has 0 radical (unpaired) electrons. The van der Waals surface area contributed by atoms with Crippen LogP contribution in [0, 0.1) is 0 Å². The minimum Gasteiger partial charge on any atom is -0.487 e. The Hall–Kier alpha value is -2.69. The first kappa shape index (κ1) is 16.8. The summed E-state index contributed by atoms with van der Waals surface area (Å²) in [6.07, 6.45) is 2.07. The number of fused-ring (bicyclic) bond motifs is 1. The van der Waals surface area contributed by atoms with E-state index in [0.717, 1.165) is 17.0 Å². The van der Waals surface area contributed by atoms with Crippen LogP contribution in [0.1, 0.15) is 28.4 Å². The minimum absolute atomic E-state index is 0.0463. The molecule has 132 valence electrons. The largest absolute Gasteiger partial charge is 0.487 e. The van der Waals surface area contributed by atoms with Gasteiger partial charge in [-0.15, -0.1) is 0 Å². The maximum absolute atomic E-state index is 10.4. The number of hydrogen-bond donors (Lipinski definition) is 2. The maximum atomic E-state index is 10.4. The SMILES string of the molecule is O[C@@H]1Cc2ccccc2[C@@H]1NCc1ccccc1OCc1ccccn1. The lowest BCUT2D eigenvalue weighted by Crippen LogP contribution is -2.28. The predicted octanol–water partition coefficient (Wildman–Crippen LogP) is 3.41. The monoisotopic (exact) mass is 346 g/mol. The van der Waals surface area contributed by atoms with Crippen LogP contribution < -0.4 is 10.1 Å². The lowest BCUT2D eigenvalue weighted by molar-refractivity contribution is 0.140. The van der Waals surface area contributed by atoms with Gasteiger partial charge in [0.2, 0.25) is 0 Å². The van der Waals surface area contributed by atoms with Crippen molar-refractivity contribution in [1.82, 2.24) is 10.3 Å². The summed E-state index contributed by atoms with van der Waals surface area (Å²) >= 11 is 0. The second-order valence-electron chi connectivity index (χ2n) is 6.55. The van der Waals surface area contributed by atoms with Crippen LogP contribution in [0.5, 0.6) is 5.75 Å². The standard InChI is InChI=1S/C22H22N2O2/c25-20-13-16-7-1-3-10-19(16)22(20)24-14-17-8-2-4-11-21(17)26-15-18-9-5-6-12-23-18/h1-12,20,22,24-25H,13-15H2/t20-,22+/m1/s1. The average Bonchev–Trinajstić information content (AvgIpc) is 3.01. The number of nitrogens with one attached hydrogen (secondary N) is 1. The number of aliphatic hydroxyl groups is 1. The molecule has 4 heteroatoms. The summed E-state index contributed by atoms with van der Waals surface area (Å²) in [6, 6.07) is 22.0. The molecule has 1 aromatic heterocycles. The van der Waals surface area contributed by atoms with Crippen LogP contribution in [0.25, 0.3) is 0 Å². The zero-order chi connectivity index (χ0) is 17.8. The molecular weight excluding hydrogens is 324 g/mol. The molecule has 0 saturated heterocycles. The Labute approximate surface area is 153 Å². The van der Waals surface area contributed by atoms with Gasteiger partial charge in [-0.25, -0.2) is 0 Å². The number of aliphatic hydroxyl groups excluding tert-OH is 1. The fourth-order valence-corrected chi connectivity index (χ4v) is 3.47. The quantitative estimate of drug-likeness (QED) is 0.718. The van der Waals surface area contributed by atoms with E-state index in [-0.39, 0.29) is 6.04 Å². The smallest absolute Gasteiger partial charge is 0.130 e. The molecule has 0 bridgehead atoms. The lowest BCUT2D eigenvalue weighted by Gasteiger charge is -2.19. The van der Waals surface area contributed by atoms with E-state index in [1.165, 1.54) is 11.1 Å². The molecule has 2 aromatic carbocycles. The third kappa shape index (κ3) is 3.62. The highest BCUT2D eigenvalue weighted by atomic mass is 16.5. The van der Waals surface area contributed by atoms with Gasteiger partial charge in [-0.2, -0.15) is 0 Å². The Morgan fingerprint density at radius 1 is 1.00 bits per heavy atom. The normalized spacial score (nSPS) is 18.5. The molecule has 2 N–H and O–H groups in total. The molecule has 2 atom stereocenters. The second-order valence-corrected chi connectivity index (χ2v) is 6.55. The third-order valence-electron chi connectivity index (χ3n) is 4.79. The first-order valence-corrected chi connectivity index (χ1v) is 8.91. The van der Waals surface area contributed by atoms with E-state index >= 15 is 0 Å². The zero-order valence-electron chi connectivity index (χ0n) is 14.5. The van der Waals surface area contributed by atoms with Crippen molar-refractivity contribution in [2.75, 3.05) is 0 Å². The van der Waals surface area contributed by atoms with Crippen molar-refractivity contribution in [3.8, 4) is 5.75 Å². The second kappa shape index (κ2) is 7.68. The van der Waals surface area contributed by atoms with E-state index in [9.17, 15) is 5.11 Å². The molecule has 4 nitrogen and oxygen atoms in total. The van der Waals surface area contributed by atoms with Crippen molar-refractivity contribution in [3.63, 3.8) is 0 Å². The summed E-state index contributed by atoms with van der Waals surface area (Å²) in [6.45, 7) is 1.07. The van der Waals surface area contributed by atoms with Gasteiger partial charge in [0.15, 0.2) is 0 Å². The fourth-order valence-electron chi connectivity index (χ4n) is 3.47. The number of hydrogen-bond acceptors (Lipinski definition) is 4. The number of ether oxygens (including phenoxy) is 1. The molecule has 4 rings (SSSR count). The number of nitrogens with zero attached hydrogens (tertiary/aromatic N) is 1. The van der Waals surface area contributed by atoms with Gasteiger partial charge in [-0.3, -0.25) is 4.98 Å². The Morgan fingerprint density at radius 2 is 1.81 bits per heavy atom. The van der Waals surface area contributed by atoms with E-state index in [1.54, 1.807) is 6.20 Å². The van der Waals surface area contributed by atoms with Gasteiger partial charge in [0.1, 0.15) is 12.4 Å². The number of pyridine rings is 1. The van der Waals surface area contributed by atoms with Crippen molar-refractivity contribution in [2.24, 2.45) is 0 Å². The van der Waals surface area contributed by atoms with Crippen LogP contribution in [-0.4, -0.2) is 16.2 Å². The summed E-state index contributed by atoms with van der Waals surface area (Å²) in [5.74, 6) is 0.839. The molecule has 0 spiro atoms. The van der Waals surface area contributed by atoms with Crippen LogP contribution >= 0.6 is 0 Å². The first-order valence-electron chi connectivity index (χ1n) is 8.91. The van der Waals surface area contributed by atoms with E-state index < -0.39 is 6.10 Å². The highest BCUT2D eigenvalue weighted by molar-refractivity contribution is 5.37. The van der Waals surface area contributed by atoms with Crippen molar-refractivity contribution < 1.29 is 9.84 Å². The lowest BCUT2D eigenvalue weighted by atomic mass is 10.1. The molecule has 0 unspecified atom stereocenters. The van der Waals surface area contributed by atoms with Gasteiger partial charge in [-0.05, 0) is 29.3 Å². The first-order chi connectivity index (χ1) is 12.8. The minimum atomic E-state index is -0.394. The molecule has 0 aliphatic heterocycles. The maximum Gasteiger partial charge on any atom is 0.130 e. The molecule has 0 fully saturated rings. The highest BCUT2D eigenvalue weighted by Crippen LogP contribution is 2.32. The average molecular weight is 346 g/mol. The number of benzene rings is 2. The molecule has 1 heterocycles. The van der Waals surface area contributed by atoms with Gasteiger partial charge < -0.3 is 15.2 Å². The molecular formula is C22H22N2O2. The summed E-state index contributed by atoms with van der Waals surface area (Å²) in [5, 5.41) is 13.9. The van der Waals surface area contributed by atoms with Gasteiger partial charge in [0, 0.05) is 24.7 Å². The van der Waals surface area contributed by atoms with Gasteiger partial charge in [0.05, 0.1) is 17.8 Å². The van der Waals surface area contributed by atoms with E-state index in [4.69, 9.17) is 4.74 Å². The third-order valence-corrected chi connectivity index (χ3v) is 4.79. The van der Waals surface area contributed by atoms with Crippen molar-refractivity contribution in [3.05, 3.63) is 95.3 Å². The Kier molecular flexibility index (Phi) is 4.95. The summed E-state index contributed by atoms with van der Waals surface area (Å²) in [5.41, 5.74) is 4.37. The number of para-hydroxylation sites is 1. The zero-order valence-corrected chi connectivity index (χ0v) is 14.5. The Morgan fingerprint density at radius 3 is 2.69 bits per heavy atom. The summed E-state index contributed by atoms with van der Waals surface area (Å²) in [7, 11) is 0. The van der Waals surface area contributed by atoms with Crippen molar-refractivity contribution in [2.45, 2.75) is 31.7 Å². The highest BCUT2D eigenvalue weighted by Gasteiger charge is 2.30. The van der Waals surface area contributed by atoms with Gasteiger partial charge in [-0.1, -0.05) is 48.5 Å². The molecule has 26 heavy (non-hydrogen) atoms. The predicted molar refractivity (Wildman–Crippen MR) is 101 cm³/mol. The summed E-state index contributed by atoms with van der Waals surface area (Å²) in [4.78, 5) is 4.29. The van der Waals surface area contributed by atoms with Gasteiger partial charge >= 0.3 is 0 Å². The van der Waals surface area contributed by atoms with Gasteiger partial charge in [0.25, 0.3) is 0 Å². The van der Waals surface area contributed by atoms with E-state index in [0.29, 0.717) is 19.6 Å². The Balaban J connectivity index is 1.44. The number of aromatic nitrogens is 1. The van der Waals surface area contributed by atoms with Crippen LogP contribution in [0.4, 0.5) is 0 Å². The van der Waals surface area contributed by atoms with Crippen LogP contribution in [0.3, 0.4) is 0 Å². The fraction of sp³-hybridized carbons (Fsp3) is 0.227. The molecule has 1 aliphatic carbocycles. The topological polar surface area (TPSA) is 54.4 Å². The van der Waals surface area contributed by atoms with E-state index in [2.05, 4.69) is 22.4 Å².